The zero-order chi connectivity index (χ0) is 14.4. The predicted molar refractivity (Wildman–Crippen MR) is 79.7 cm³/mol. The molecule has 3 nitrogen and oxygen atoms in total. The fourth-order valence-electron chi connectivity index (χ4n) is 2.23. The monoisotopic (exact) mass is 299 g/mol. The minimum absolute atomic E-state index is 0.186. The Bertz CT molecular complexity index is 430. The third-order valence-electron chi connectivity index (χ3n) is 3.41. The first kappa shape index (κ1) is 15.8. The van der Waals surface area contributed by atoms with Crippen LogP contribution in [0.1, 0.15) is 18.9 Å². The Labute approximate surface area is 124 Å². The van der Waals surface area contributed by atoms with Crippen molar-refractivity contribution in [1.82, 2.24) is 5.32 Å². The van der Waals surface area contributed by atoms with E-state index in [0.717, 1.165) is 30.0 Å². The van der Waals surface area contributed by atoms with Crippen LogP contribution in [0, 0.1) is 5.82 Å². The summed E-state index contributed by atoms with van der Waals surface area (Å²) in [7, 11) is 1.67. The molecule has 0 amide bonds. The van der Waals surface area contributed by atoms with Gasteiger partial charge in [0.15, 0.2) is 0 Å². The van der Waals surface area contributed by atoms with Crippen LogP contribution in [-0.4, -0.2) is 38.2 Å². The number of methoxy groups -OCH3 is 1. The summed E-state index contributed by atoms with van der Waals surface area (Å²) in [5.74, 6) is -0.186. The maximum atomic E-state index is 13.4. The molecule has 1 fully saturated rings. The van der Waals surface area contributed by atoms with Crippen molar-refractivity contribution >= 4 is 11.8 Å². The first-order valence-electron chi connectivity index (χ1n) is 6.97. The molecule has 0 saturated carbocycles. The largest absolute Gasteiger partial charge is 0.383 e. The molecule has 1 aromatic carbocycles. The van der Waals surface area contributed by atoms with E-state index in [9.17, 15) is 4.39 Å². The van der Waals surface area contributed by atoms with Crippen LogP contribution in [0.2, 0.25) is 0 Å². The summed E-state index contributed by atoms with van der Waals surface area (Å²) in [6.45, 7) is 5.00. The van der Waals surface area contributed by atoms with Gasteiger partial charge < -0.3 is 14.8 Å². The van der Waals surface area contributed by atoms with Crippen LogP contribution in [0.3, 0.4) is 0 Å². The topological polar surface area (TPSA) is 30.5 Å². The van der Waals surface area contributed by atoms with E-state index >= 15 is 0 Å². The van der Waals surface area contributed by atoms with E-state index < -0.39 is 0 Å². The third-order valence-corrected chi connectivity index (χ3v) is 4.98. The molecule has 1 aromatic rings. The Kier molecular flexibility index (Phi) is 6.29. The van der Waals surface area contributed by atoms with Gasteiger partial charge in [-0.15, -0.1) is 11.8 Å². The van der Waals surface area contributed by atoms with Gasteiger partial charge in [-0.2, -0.15) is 0 Å². The molecule has 0 spiro atoms. The zero-order valence-electron chi connectivity index (χ0n) is 12.0. The summed E-state index contributed by atoms with van der Waals surface area (Å²) in [5.41, 5.74) is 1.00. The number of nitrogens with one attached hydrogen (secondary N) is 1. The van der Waals surface area contributed by atoms with E-state index in [4.69, 9.17) is 9.47 Å². The van der Waals surface area contributed by atoms with E-state index in [1.807, 2.05) is 6.07 Å². The molecule has 0 bridgehead atoms. The number of ether oxygens (including phenoxy) is 2. The summed E-state index contributed by atoms with van der Waals surface area (Å²) in [6.07, 6.45) is 1.32. The lowest BCUT2D eigenvalue weighted by Gasteiger charge is -2.16. The highest BCUT2D eigenvalue weighted by Crippen LogP contribution is 2.34. The van der Waals surface area contributed by atoms with Gasteiger partial charge in [0, 0.05) is 37.0 Å². The normalized spacial score (nSPS) is 22.4. The van der Waals surface area contributed by atoms with Crippen molar-refractivity contribution in [1.29, 1.82) is 0 Å². The third kappa shape index (κ3) is 4.45. The molecule has 1 saturated heterocycles. The molecule has 2 unspecified atom stereocenters. The summed E-state index contributed by atoms with van der Waals surface area (Å²) in [6, 6.07) is 5.02. The van der Waals surface area contributed by atoms with Crippen molar-refractivity contribution in [2.45, 2.75) is 36.1 Å². The van der Waals surface area contributed by atoms with Gasteiger partial charge in [-0.1, -0.05) is 0 Å². The molecule has 2 rings (SSSR count). The summed E-state index contributed by atoms with van der Waals surface area (Å²) in [5, 5.41) is 3.73. The van der Waals surface area contributed by atoms with Crippen LogP contribution >= 0.6 is 11.8 Å². The van der Waals surface area contributed by atoms with Crippen LogP contribution in [0.5, 0.6) is 0 Å². The highest BCUT2D eigenvalue weighted by Gasteiger charge is 2.25. The van der Waals surface area contributed by atoms with Crippen molar-refractivity contribution in [3.63, 3.8) is 0 Å². The Hall–Kier alpha value is -0.620. The fraction of sp³-hybridized carbons (Fsp3) is 0.600. The molecule has 2 atom stereocenters. The second-order valence-corrected chi connectivity index (χ2v) is 6.22. The molecule has 1 N–H and O–H groups in total. The molecule has 112 valence electrons. The van der Waals surface area contributed by atoms with Crippen molar-refractivity contribution in [3.8, 4) is 0 Å². The first-order chi connectivity index (χ1) is 9.70. The smallest absolute Gasteiger partial charge is 0.123 e. The van der Waals surface area contributed by atoms with E-state index in [1.165, 1.54) is 6.07 Å². The van der Waals surface area contributed by atoms with Crippen LogP contribution in [0.4, 0.5) is 4.39 Å². The van der Waals surface area contributed by atoms with E-state index in [-0.39, 0.29) is 11.9 Å². The van der Waals surface area contributed by atoms with Crippen LogP contribution in [0.15, 0.2) is 23.1 Å². The Morgan fingerprint density at radius 1 is 1.50 bits per heavy atom. The molecular formula is C15H22FNO2S. The Balaban J connectivity index is 1.99. The molecule has 1 heterocycles. The Morgan fingerprint density at radius 2 is 2.35 bits per heavy atom. The SMILES string of the molecule is COCCNCc1cc(F)ccc1SC1CCOC1C. The molecule has 0 radical (unpaired) electrons. The minimum Gasteiger partial charge on any atom is -0.383 e. The molecular weight excluding hydrogens is 277 g/mol. The quantitative estimate of drug-likeness (QED) is 0.784. The average Bonchev–Trinajstić information content (AvgIpc) is 2.83. The maximum absolute atomic E-state index is 13.4. The molecule has 20 heavy (non-hydrogen) atoms. The summed E-state index contributed by atoms with van der Waals surface area (Å²) in [4.78, 5) is 1.14. The van der Waals surface area contributed by atoms with Gasteiger partial charge in [-0.05, 0) is 37.1 Å². The van der Waals surface area contributed by atoms with Crippen molar-refractivity contribution in [3.05, 3.63) is 29.6 Å². The maximum Gasteiger partial charge on any atom is 0.123 e. The summed E-state index contributed by atoms with van der Waals surface area (Å²) < 4.78 is 24.0. The van der Waals surface area contributed by atoms with E-state index in [0.29, 0.717) is 18.4 Å². The number of halogens is 1. The second-order valence-electron chi connectivity index (χ2n) is 4.94. The molecule has 5 heteroatoms. The first-order valence-corrected chi connectivity index (χ1v) is 7.85. The number of benzene rings is 1. The van der Waals surface area contributed by atoms with Gasteiger partial charge in [-0.25, -0.2) is 4.39 Å². The van der Waals surface area contributed by atoms with Crippen LogP contribution < -0.4 is 5.32 Å². The number of thioether (sulfide) groups is 1. The fourth-order valence-corrected chi connectivity index (χ4v) is 3.47. The van der Waals surface area contributed by atoms with Crippen LogP contribution in [-0.2, 0) is 16.0 Å². The van der Waals surface area contributed by atoms with Gasteiger partial charge in [0.2, 0.25) is 0 Å². The molecule has 0 aromatic heterocycles. The lowest BCUT2D eigenvalue weighted by Crippen LogP contribution is -2.19. The van der Waals surface area contributed by atoms with Crippen LogP contribution in [0.25, 0.3) is 0 Å². The molecule has 1 aliphatic rings. The number of hydrogen-bond donors (Lipinski definition) is 1. The molecule has 1 aliphatic heterocycles. The highest BCUT2D eigenvalue weighted by atomic mass is 32.2. The van der Waals surface area contributed by atoms with Crippen molar-refractivity contribution in [2.75, 3.05) is 26.9 Å². The van der Waals surface area contributed by atoms with E-state index in [1.54, 1.807) is 24.9 Å². The number of rotatable bonds is 7. The van der Waals surface area contributed by atoms with Gasteiger partial charge in [0.1, 0.15) is 5.82 Å². The predicted octanol–water partition coefficient (Wildman–Crippen LogP) is 2.83. The number of hydrogen-bond acceptors (Lipinski definition) is 4. The molecule has 0 aliphatic carbocycles. The van der Waals surface area contributed by atoms with Crippen molar-refractivity contribution < 1.29 is 13.9 Å². The van der Waals surface area contributed by atoms with Gasteiger partial charge >= 0.3 is 0 Å². The lowest BCUT2D eigenvalue weighted by molar-refractivity contribution is 0.127. The van der Waals surface area contributed by atoms with Crippen molar-refractivity contribution in [2.24, 2.45) is 0 Å². The Morgan fingerprint density at radius 3 is 3.05 bits per heavy atom. The average molecular weight is 299 g/mol. The zero-order valence-corrected chi connectivity index (χ0v) is 12.8. The summed E-state index contributed by atoms with van der Waals surface area (Å²) >= 11 is 1.80. The van der Waals surface area contributed by atoms with Gasteiger partial charge in [-0.3, -0.25) is 0 Å². The second kappa shape index (κ2) is 7.98. The van der Waals surface area contributed by atoms with Gasteiger partial charge in [0.25, 0.3) is 0 Å². The van der Waals surface area contributed by atoms with Gasteiger partial charge in [0.05, 0.1) is 12.7 Å². The minimum atomic E-state index is -0.186. The highest BCUT2D eigenvalue weighted by molar-refractivity contribution is 8.00. The lowest BCUT2D eigenvalue weighted by atomic mass is 10.2. The van der Waals surface area contributed by atoms with E-state index in [2.05, 4.69) is 12.2 Å². The standard InChI is InChI=1S/C15H22FNO2S/c1-11-14(5-7-19-11)20-15-4-3-13(16)9-12(15)10-17-6-8-18-2/h3-4,9,11,14,17H,5-8,10H2,1-2H3.